The molecule has 7 aromatic rings. The third kappa shape index (κ3) is 10.9. The van der Waals surface area contributed by atoms with Crippen molar-refractivity contribution in [1.82, 2.24) is 25.1 Å². The molecule has 7 rings (SSSR count). The maximum atomic E-state index is 13.4. The lowest BCUT2D eigenvalue weighted by molar-refractivity contribution is 0.476. The summed E-state index contributed by atoms with van der Waals surface area (Å²) < 4.78 is 56.0. The lowest BCUT2D eigenvalue weighted by Crippen LogP contribution is -1.92. The third-order valence-electron chi connectivity index (χ3n) is 6.71. The molecule has 0 amide bonds. The Kier molecular flexibility index (Phi) is 12.3. The number of aromatic amines is 1. The number of rotatable bonds is 7. The number of nitrogen functional groups attached to an aromatic ring is 3. The Labute approximate surface area is 306 Å². The molecule has 0 spiro atoms. The molecule has 0 bridgehead atoms. The Morgan fingerprint density at radius 2 is 1.00 bits per heavy atom. The summed E-state index contributed by atoms with van der Waals surface area (Å²) >= 11 is 5.68. The van der Waals surface area contributed by atoms with E-state index in [0.717, 1.165) is 5.69 Å². The fraction of sp³-hybridized carbons (Fsp3) is 0. The maximum absolute atomic E-state index is 13.4. The summed E-state index contributed by atoms with van der Waals surface area (Å²) in [4.78, 5) is 11.9. The van der Waals surface area contributed by atoms with Crippen LogP contribution in [0.25, 0.3) is 11.4 Å². The van der Waals surface area contributed by atoms with Crippen LogP contribution in [0, 0.1) is 29.8 Å². The minimum absolute atomic E-state index is 0.0800. The van der Waals surface area contributed by atoms with Crippen molar-refractivity contribution in [1.29, 1.82) is 0 Å². The standard InChI is InChI=1S/C14H11FN4O.C13H9FN2O.C11H8ClFN2O/c15-11-7-9(1-2-12(11)16)20-10-3-5-17-14(8-10)13-4-6-18-19-13;1-2-9-7-11(5-6-16-9)17-10-3-4-13(15)12(14)8-10;12-11-6-8(3-4-15-11)16-7-1-2-10(14)9(13)5-7/h1-8H,16H2,(H,18,19);1,3-8H,15H2;1-6H,14H2. The molecule has 0 aliphatic heterocycles. The quantitative estimate of drug-likeness (QED) is 0.0704. The molecule has 4 heterocycles. The van der Waals surface area contributed by atoms with E-state index in [1.165, 1.54) is 54.9 Å². The average Bonchev–Trinajstić information content (AvgIpc) is 3.70. The summed E-state index contributed by atoms with van der Waals surface area (Å²) in [7, 11) is 0. The minimum Gasteiger partial charge on any atom is -0.457 e. The van der Waals surface area contributed by atoms with E-state index >= 15 is 0 Å². The molecule has 7 N–H and O–H groups in total. The van der Waals surface area contributed by atoms with E-state index in [4.69, 9.17) is 49.4 Å². The molecule has 53 heavy (non-hydrogen) atoms. The number of terminal acetylenes is 1. The Balaban J connectivity index is 0.000000154. The molecule has 0 radical (unpaired) electrons. The summed E-state index contributed by atoms with van der Waals surface area (Å²) in [6.45, 7) is 0. The van der Waals surface area contributed by atoms with Crippen molar-refractivity contribution in [2.45, 2.75) is 0 Å². The molecule has 0 aliphatic carbocycles. The molecular weight excluding hydrogens is 709 g/mol. The molecule has 0 saturated heterocycles. The first-order chi connectivity index (χ1) is 25.6. The number of nitrogens with one attached hydrogen (secondary N) is 1. The number of hydrogen-bond acceptors (Lipinski definition) is 10. The zero-order valence-corrected chi connectivity index (χ0v) is 28.1. The highest BCUT2D eigenvalue weighted by atomic mass is 35.5. The second-order valence-electron chi connectivity index (χ2n) is 10.5. The van der Waals surface area contributed by atoms with Crippen molar-refractivity contribution in [3.8, 4) is 58.2 Å². The van der Waals surface area contributed by atoms with Gasteiger partial charge in [0.1, 0.15) is 62.8 Å². The number of halogens is 4. The number of nitrogens with zero attached hydrogens (tertiary/aromatic N) is 4. The number of H-pyrrole nitrogens is 1. The van der Waals surface area contributed by atoms with Gasteiger partial charge in [0, 0.05) is 61.2 Å². The van der Waals surface area contributed by atoms with E-state index < -0.39 is 17.5 Å². The van der Waals surface area contributed by atoms with Crippen LogP contribution in [-0.4, -0.2) is 25.1 Å². The van der Waals surface area contributed by atoms with Crippen LogP contribution in [0.15, 0.2) is 122 Å². The van der Waals surface area contributed by atoms with Gasteiger partial charge in [0.15, 0.2) is 0 Å². The lowest BCUT2D eigenvalue weighted by Gasteiger charge is -2.07. The number of pyridine rings is 3. The summed E-state index contributed by atoms with van der Waals surface area (Å²) in [6.07, 6.45) is 11.5. The molecule has 4 aromatic heterocycles. The van der Waals surface area contributed by atoms with Gasteiger partial charge < -0.3 is 31.4 Å². The maximum Gasteiger partial charge on any atom is 0.149 e. The van der Waals surface area contributed by atoms with Crippen LogP contribution in [0.3, 0.4) is 0 Å². The number of hydrogen-bond donors (Lipinski definition) is 4. The number of anilines is 3. The van der Waals surface area contributed by atoms with Crippen LogP contribution in [0.5, 0.6) is 34.5 Å². The van der Waals surface area contributed by atoms with E-state index in [0.29, 0.717) is 51.0 Å². The van der Waals surface area contributed by atoms with Gasteiger partial charge in [0.25, 0.3) is 0 Å². The SMILES string of the molecule is C#Cc1cc(Oc2ccc(N)c(F)c2)ccn1.Nc1ccc(Oc2ccnc(-c3ccn[nH]3)c2)cc1F.Nc1ccc(Oc2ccnc(Cl)c2)cc1F. The van der Waals surface area contributed by atoms with Gasteiger partial charge in [0.05, 0.1) is 28.5 Å². The third-order valence-corrected chi connectivity index (χ3v) is 6.91. The van der Waals surface area contributed by atoms with Crippen molar-refractivity contribution in [2.75, 3.05) is 17.2 Å². The highest BCUT2D eigenvalue weighted by molar-refractivity contribution is 6.29. The van der Waals surface area contributed by atoms with Crippen molar-refractivity contribution < 1.29 is 27.4 Å². The zero-order chi connectivity index (χ0) is 37.7. The van der Waals surface area contributed by atoms with Gasteiger partial charge in [-0.25, -0.2) is 23.1 Å². The zero-order valence-electron chi connectivity index (χ0n) is 27.4. The lowest BCUT2D eigenvalue weighted by atomic mass is 10.2. The number of ether oxygens (including phenoxy) is 3. The first-order valence-electron chi connectivity index (χ1n) is 15.2. The second kappa shape index (κ2) is 17.6. The molecular formula is C38H28ClF3N8O3. The fourth-order valence-electron chi connectivity index (χ4n) is 4.14. The number of aromatic nitrogens is 5. The van der Waals surface area contributed by atoms with Crippen molar-refractivity contribution in [3.05, 3.63) is 150 Å². The normalized spacial score (nSPS) is 10.1. The largest absolute Gasteiger partial charge is 0.457 e. The predicted molar refractivity (Wildman–Crippen MR) is 196 cm³/mol. The molecule has 0 atom stereocenters. The van der Waals surface area contributed by atoms with Gasteiger partial charge >= 0.3 is 0 Å². The summed E-state index contributed by atoms with van der Waals surface area (Å²) in [6, 6.07) is 24.4. The van der Waals surface area contributed by atoms with Crippen molar-refractivity contribution >= 4 is 28.7 Å². The Morgan fingerprint density at radius 1 is 0.547 bits per heavy atom. The van der Waals surface area contributed by atoms with Crippen molar-refractivity contribution in [3.63, 3.8) is 0 Å². The van der Waals surface area contributed by atoms with Gasteiger partial charge in [-0.1, -0.05) is 17.5 Å². The van der Waals surface area contributed by atoms with E-state index in [2.05, 4.69) is 31.1 Å². The molecule has 0 saturated carbocycles. The van der Waals surface area contributed by atoms with Crippen molar-refractivity contribution in [2.24, 2.45) is 0 Å². The Morgan fingerprint density at radius 3 is 1.45 bits per heavy atom. The van der Waals surface area contributed by atoms with E-state index in [9.17, 15) is 13.2 Å². The highest BCUT2D eigenvalue weighted by Crippen LogP contribution is 2.28. The smallest absolute Gasteiger partial charge is 0.149 e. The molecule has 0 fully saturated rings. The van der Waals surface area contributed by atoms with E-state index in [-0.39, 0.29) is 17.1 Å². The van der Waals surface area contributed by atoms with Crippen LogP contribution >= 0.6 is 11.6 Å². The van der Waals surface area contributed by atoms with Crippen LogP contribution in [0.2, 0.25) is 5.15 Å². The van der Waals surface area contributed by atoms with E-state index in [1.807, 2.05) is 0 Å². The van der Waals surface area contributed by atoms with Crippen LogP contribution in [-0.2, 0) is 0 Å². The van der Waals surface area contributed by atoms with Gasteiger partial charge in [0.2, 0.25) is 0 Å². The molecule has 266 valence electrons. The number of nitrogens with two attached hydrogens (primary N) is 3. The molecule has 0 unspecified atom stereocenters. The minimum atomic E-state index is -0.520. The Hall–Kier alpha value is -7.24. The van der Waals surface area contributed by atoms with E-state index in [1.54, 1.807) is 67.0 Å². The average molecular weight is 737 g/mol. The summed E-state index contributed by atoms with van der Waals surface area (Å²) in [5.41, 5.74) is 18.3. The monoisotopic (exact) mass is 736 g/mol. The predicted octanol–water partition coefficient (Wildman–Crippen LogP) is 8.81. The first-order valence-corrected chi connectivity index (χ1v) is 15.6. The number of benzene rings is 3. The van der Waals surface area contributed by atoms with Gasteiger partial charge in [-0.3, -0.25) is 10.1 Å². The van der Waals surface area contributed by atoms with Gasteiger partial charge in [-0.05, 0) is 60.7 Å². The fourth-order valence-corrected chi connectivity index (χ4v) is 4.31. The Bertz CT molecular complexity index is 2360. The summed E-state index contributed by atoms with van der Waals surface area (Å²) in [5, 5.41) is 6.99. The topological polar surface area (TPSA) is 173 Å². The van der Waals surface area contributed by atoms with Crippen LogP contribution < -0.4 is 31.4 Å². The molecule has 0 aliphatic rings. The van der Waals surface area contributed by atoms with Gasteiger partial charge in [-0.2, -0.15) is 5.10 Å². The second-order valence-corrected chi connectivity index (χ2v) is 10.9. The van der Waals surface area contributed by atoms with Crippen LogP contribution in [0.1, 0.15) is 5.69 Å². The van der Waals surface area contributed by atoms with Gasteiger partial charge in [-0.15, -0.1) is 6.42 Å². The molecule has 3 aromatic carbocycles. The summed E-state index contributed by atoms with van der Waals surface area (Å²) in [5.74, 6) is 3.46. The molecule has 15 heteroatoms. The highest BCUT2D eigenvalue weighted by Gasteiger charge is 2.07. The van der Waals surface area contributed by atoms with Crippen LogP contribution in [0.4, 0.5) is 30.2 Å². The molecule has 11 nitrogen and oxygen atoms in total. The first kappa shape index (κ1) is 37.0.